The van der Waals surface area contributed by atoms with Crippen molar-refractivity contribution in [3.05, 3.63) is 71.9 Å². The normalized spacial score (nSPS) is 11.6. The topological polar surface area (TPSA) is 77.5 Å². The molecule has 0 aliphatic rings. The van der Waals surface area contributed by atoms with E-state index in [1.807, 2.05) is 12.1 Å². The van der Waals surface area contributed by atoms with Crippen molar-refractivity contribution in [2.24, 2.45) is 0 Å². The summed E-state index contributed by atoms with van der Waals surface area (Å²) in [5, 5.41) is 3.54. The van der Waals surface area contributed by atoms with Crippen molar-refractivity contribution in [3.63, 3.8) is 0 Å². The van der Waals surface area contributed by atoms with Crippen LogP contribution in [0.1, 0.15) is 22.1 Å². The summed E-state index contributed by atoms with van der Waals surface area (Å²) in [5.74, 6) is -0.289. The van der Waals surface area contributed by atoms with Gasteiger partial charge in [0.1, 0.15) is 11.4 Å². The second-order valence-electron chi connectivity index (χ2n) is 5.60. The molecule has 1 N–H and O–H groups in total. The van der Waals surface area contributed by atoms with Crippen LogP contribution >= 0.6 is 0 Å². The lowest BCUT2D eigenvalue weighted by Crippen LogP contribution is -2.35. The Labute approximate surface area is 150 Å². The molecule has 2 aromatic carbocycles. The molecular formula is C20H18N2O4. The average Bonchev–Trinajstić information content (AvgIpc) is 2.71. The van der Waals surface area contributed by atoms with Gasteiger partial charge in [-0.1, -0.05) is 36.4 Å². The van der Waals surface area contributed by atoms with Crippen molar-refractivity contribution < 1.29 is 19.1 Å². The molecular weight excluding hydrogens is 332 g/mol. The van der Waals surface area contributed by atoms with E-state index in [0.29, 0.717) is 16.8 Å². The van der Waals surface area contributed by atoms with Gasteiger partial charge >= 0.3 is 5.97 Å². The molecule has 3 rings (SSSR count). The van der Waals surface area contributed by atoms with Crippen LogP contribution in [0.25, 0.3) is 10.9 Å². The van der Waals surface area contributed by atoms with E-state index in [1.54, 1.807) is 55.6 Å². The lowest BCUT2D eigenvalue weighted by molar-refractivity contribution is -0.143. The number of benzene rings is 2. The molecule has 26 heavy (non-hydrogen) atoms. The number of fused-ring (bicyclic) bond motifs is 1. The molecule has 6 nitrogen and oxygen atoms in total. The number of nitrogens with one attached hydrogen (secondary N) is 1. The number of esters is 1. The van der Waals surface area contributed by atoms with Gasteiger partial charge in [0, 0.05) is 5.39 Å². The molecule has 0 fully saturated rings. The zero-order valence-electron chi connectivity index (χ0n) is 14.4. The SMILES string of the molecule is COC(=O)C(NC(=O)c1ccc2cc(OC)ccc2n1)c1ccccc1. The number of ether oxygens (including phenoxy) is 2. The Balaban J connectivity index is 1.87. The predicted molar refractivity (Wildman–Crippen MR) is 97.0 cm³/mol. The van der Waals surface area contributed by atoms with Crippen LogP contribution < -0.4 is 10.1 Å². The zero-order valence-corrected chi connectivity index (χ0v) is 14.4. The number of aromatic nitrogens is 1. The van der Waals surface area contributed by atoms with Crippen LogP contribution in [0.4, 0.5) is 0 Å². The average molecular weight is 350 g/mol. The van der Waals surface area contributed by atoms with Gasteiger partial charge in [0.25, 0.3) is 5.91 Å². The highest BCUT2D eigenvalue weighted by molar-refractivity contribution is 5.97. The second kappa shape index (κ2) is 7.65. The molecule has 1 amide bonds. The van der Waals surface area contributed by atoms with E-state index in [-0.39, 0.29) is 5.69 Å². The Morgan fingerprint density at radius 3 is 2.46 bits per heavy atom. The number of hydrogen-bond acceptors (Lipinski definition) is 5. The van der Waals surface area contributed by atoms with Crippen LogP contribution in [0.2, 0.25) is 0 Å². The number of carbonyl (C=O) groups excluding carboxylic acids is 2. The van der Waals surface area contributed by atoms with Gasteiger partial charge in [-0.2, -0.15) is 0 Å². The molecule has 1 atom stereocenters. The van der Waals surface area contributed by atoms with Gasteiger partial charge in [0.05, 0.1) is 19.7 Å². The summed E-state index contributed by atoms with van der Waals surface area (Å²) in [6, 6.07) is 16.8. The van der Waals surface area contributed by atoms with E-state index in [2.05, 4.69) is 10.3 Å². The van der Waals surface area contributed by atoms with Crippen LogP contribution in [-0.4, -0.2) is 31.1 Å². The predicted octanol–water partition coefficient (Wildman–Crippen LogP) is 2.89. The van der Waals surface area contributed by atoms with Crippen molar-refractivity contribution in [2.45, 2.75) is 6.04 Å². The highest BCUT2D eigenvalue weighted by atomic mass is 16.5. The van der Waals surface area contributed by atoms with Gasteiger partial charge in [-0.15, -0.1) is 0 Å². The van der Waals surface area contributed by atoms with Crippen molar-refractivity contribution in [1.82, 2.24) is 10.3 Å². The molecule has 0 bridgehead atoms. The Kier molecular flexibility index (Phi) is 5.12. The summed E-state index contributed by atoms with van der Waals surface area (Å²) >= 11 is 0. The van der Waals surface area contributed by atoms with E-state index in [0.717, 1.165) is 5.39 Å². The third-order valence-corrected chi connectivity index (χ3v) is 3.97. The largest absolute Gasteiger partial charge is 0.497 e. The first kappa shape index (κ1) is 17.4. The van der Waals surface area contributed by atoms with E-state index >= 15 is 0 Å². The molecule has 1 aromatic heterocycles. The number of carbonyl (C=O) groups is 2. The van der Waals surface area contributed by atoms with Gasteiger partial charge in [-0.3, -0.25) is 4.79 Å². The third-order valence-electron chi connectivity index (χ3n) is 3.97. The molecule has 0 saturated heterocycles. The van der Waals surface area contributed by atoms with Gasteiger partial charge in [-0.25, -0.2) is 9.78 Å². The first-order valence-electron chi connectivity index (χ1n) is 8.01. The first-order valence-corrected chi connectivity index (χ1v) is 8.01. The Bertz CT molecular complexity index is 941. The fourth-order valence-corrected chi connectivity index (χ4v) is 2.60. The Morgan fingerprint density at radius 1 is 1.00 bits per heavy atom. The maximum Gasteiger partial charge on any atom is 0.333 e. The molecule has 132 valence electrons. The highest BCUT2D eigenvalue weighted by Crippen LogP contribution is 2.20. The van der Waals surface area contributed by atoms with Crippen LogP contribution in [0.5, 0.6) is 5.75 Å². The second-order valence-corrected chi connectivity index (χ2v) is 5.60. The number of nitrogens with zero attached hydrogens (tertiary/aromatic N) is 1. The minimum Gasteiger partial charge on any atom is -0.497 e. The molecule has 3 aromatic rings. The fraction of sp³-hybridized carbons (Fsp3) is 0.150. The molecule has 1 unspecified atom stereocenters. The molecule has 0 aliphatic carbocycles. The van der Waals surface area contributed by atoms with Crippen molar-refractivity contribution in [1.29, 1.82) is 0 Å². The summed E-state index contributed by atoms with van der Waals surface area (Å²) in [6.45, 7) is 0. The van der Waals surface area contributed by atoms with Gasteiger partial charge in [0.15, 0.2) is 6.04 Å². The molecule has 0 spiro atoms. The molecule has 0 aliphatic heterocycles. The quantitative estimate of drug-likeness (QED) is 0.716. The number of methoxy groups -OCH3 is 2. The van der Waals surface area contributed by atoms with E-state index < -0.39 is 17.9 Å². The minimum absolute atomic E-state index is 0.215. The first-order chi connectivity index (χ1) is 12.6. The van der Waals surface area contributed by atoms with Gasteiger partial charge in [-0.05, 0) is 29.8 Å². The van der Waals surface area contributed by atoms with Crippen LogP contribution in [-0.2, 0) is 9.53 Å². The molecule has 0 saturated carbocycles. The van der Waals surface area contributed by atoms with Crippen molar-refractivity contribution in [2.75, 3.05) is 14.2 Å². The summed E-state index contributed by atoms with van der Waals surface area (Å²) in [5.41, 5.74) is 1.51. The third kappa shape index (κ3) is 3.64. The zero-order chi connectivity index (χ0) is 18.5. The summed E-state index contributed by atoms with van der Waals surface area (Å²) < 4.78 is 9.99. The summed E-state index contributed by atoms with van der Waals surface area (Å²) in [4.78, 5) is 29.1. The Hall–Kier alpha value is -3.41. The number of rotatable bonds is 5. The Morgan fingerprint density at radius 2 is 1.77 bits per heavy atom. The highest BCUT2D eigenvalue weighted by Gasteiger charge is 2.24. The summed E-state index contributed by atoms with van der Waals surface area (Å²) in [7, 11) is 2.87. The number of pyridine rings is 1. The van der Waals surface area contributed by atoms with Gasteiger partial charge in [0.2, 0.25) is 0 Å². The van der Waals surface area contributed by atoms with E-state index in [1.165, 1.54) is 7.11 Å². The maximum atomic E-state index is 12.6. The monoisotopic (exact) mass is 350 g/mol. The van der Waals surface area contributed by atoms with Crippen molar-refractivity contribution >= 4 is 22.8 Å². The minimum atomic E-state index is -0.901. The van der Waals surface area contributed by atoms with Crippen LogP contribution in [0.15, 0.2) is 60.7 Å². The molecule has 1 heterocycles. The van der Waals surface area contributed by atoms with E-state index in [9.17, 15) is 9.59 Å². The number of hydrogen-bond donors (Lipinski definition) is 1. The fourth-order valence-electron chi connectivity index (χ4n) is 2.60. The number of amides is 1. The summed E-state index contributed by atoms with van der Waals surface area (Å²) in [6.07, 6.45) is 0. The smallest absolute Gasteiger partial charge is 0.333 e. The van der Waals surface area contributed by atoms with Crippen LogP contribution in [0.3, 0.4) is 0 Å². The standard InChI is InChI=1S/C20H18N2O4/c1-25-15-9-11-16-14(12-15)8-10-17(21-16)19(23)22-18(20(24)26-2)13-6-4-3-5-7-13/h3-12,18H,1-2H3,(H,22,23). The van der Waals surface area contributed by atoms with Gasteiger partial charge < -0.3 is 14.8 Å². The van der Waals surface area contributed by atoms with Crippen molar-refractivity contribution in [3.8, 4) is 5.75 Å². The van der Waals surface area contributed by atoms with Crippen LogP contribution in [0, 0.1) is 0 Å². The molecule has 6 heteroatoms. The lowest BCUT2D eigenvalue weighted by atomic mass is 10.1. The molecule has 0 radical (unpaired) electrons. The van der Waals surface area contributed by atoms with E-state index in [4.69, 9.17) is 9.47 Å². The maximum absolute atomic E-state index is 12.6. The lowest BCUT2D eigenvalue weighted by Gasteiger charge is -2.16.